The fourth-order valence-corrected chi connectivity index (χ4v) is 5.24. The van der Waals surface area contributed by atoms with Gasteiger partial charge >= 0.3 is 0 Å². The second kappa shape index (κ2) is 9.35. The van der Waals surface area contributed by atoms with Crippen LogP contribution in [0, 0.1) is 0 Å². The summed E-state index contributed by atoms with van der Waals surface area (Å²) in [6, 6.07) is 6.31. The molecule has 0 atom stereocenters. The number of piperazine rings is 1. The van der Waals surface area contributed by atoms with Crippen LogP contribution < -0.4 is 9.64 Å². The van der Waals surface area contributed by atoms with E-state index in [1.165, 1.54) is 19.3 Å². The molecule has 1 saturated carbocycles. The van der Waals surface area contributed by atoms with E-state index in [-0.39, 0.29) is 5.91 Å². The van der Waals surface area contributed by atoms with Crippen molar-refractivity contribution in [2.45, 2.75) is 38.1 Å². The van der Waals surface area contributed by atoms with Crippen LogP contribution in [0.15, 0.2) is 28.9 Å². The number of carbonyl (C=O) groups excluding carboxylic acids is 1. The highest BCUT2D eigenvalue weighted by Crippen LogP contribution is 2.27. The molecule has 3 aliphatic rings. The fourth-order valence-electron chi connectivity index (χ4n) is 4.82. The molecule has 1 aromatic heterocycles. The molecule has 2 aromatic rings. The van der Waals surface area contributed by atoms with E-state index >= 15 is 0 Å². The number of nitrogens with zero attached hydrogens (tertiary/aromatic N) is 5. The number of hydrogen-bond donors (Lipinski definition) is 0. The van der Waals surface area contributed by atoms with Crippen LogP contribution in [0.1, 0.15) is 40.9 Å². The second-order valence-corrected chi connectivity index (χ2v) is 9.74. The lowest BCUT2D eigenvalue weighted by molar-refractivity contribution is 0.0761. The van der Waals surface area contributed by atoms with Crippen molar-refractivity contribution in [3.05, 3.63) is 45.7 Å². The first-order valence-corrected chi connectivity index (χ1v) is 12.4. The van der Waals surface area contributed by atoms with Crippen molar-refractivity contribution in [3.8, 4) is 5.75 Å². The SMILES string of the molecule is COc1ccc(Br)c(C(=O)N2CCc3cnc(N4CCN(C5CCC5)CC4)nc3CC2)c1. The van der Waals surface area contributed by atoms with Crippen LogP contribution in [0.2, 0.25) is 0 Å². The number of methoxy groups -OCH3 is 1. The standard InChI is InChI=1S/C24H30BrN5O2/c1-32-19-5-6-21(25)20(15-19)23(31)29-9-7-17-16-26-24(27-22(17)8-10-29)30-13-11-28(12-14-30)18-3-2-4-18/h5-6,15-16,18H,2-4,7-14H2,1H3. The summed E-state index contributed by atoms with van der Waals surface area (Å²) < 4.78 is 6.09. The van der Waals surface area contributed by atoms with Gasteiger partial charge in [0.25, 0.3) is 5.91 Å². The maximum atomic E-state index is 13.2. The Balaban J connectivity index is 1.25. The summed E-state index contributed by atoms with van der Waals surface area (Å²) in [6.45, 7) is 5.50. The molecule has 0 unspecified atom stereocenters. The number of benzene rings is 1. The van der Waals surface area contributed by atoms with E-state index < -0.39 is 0 Å². The average molecular weight is 500 g/mol. The molecule has 1 aromatic carbocycles. The quantitative estimate of drug-likeness (QED) is 0.643. The van der Waals surface area contributed by atoms with E-state index in [1.807, 2.05) is 23.2 Å². The first-order valence-electron chi connectivity index (χ1n) is 11.6. The second-order valence-electron chi connectivity index (χ2n) is 8.89. The number of aromatic nitrogens is 2. The van der Waals surface area contributed by atoms with Gasteiger partial charge in [-0.2, -0.15) is 0 Å². The van der Waals surface area contributed by atoms with Crippen LogP contribution in [-0.4, -0.2) is 78.1 Å². The first kappa shape index (κ1) is 21.6. The Hall–Kier alpha value is -2.19. The predicted octanol–water partition coefficient (Wildman–Crippen LogP) is 3.16. The molecule has 0 bridgehead atoms. The number of anilines is 1. The number of ether oxygens (including phenoxy) is 1. The highest BCUT2D eigenvalue weighted by Gasteiger charge is 2.29. The van der Waals surface area contributed by atoms with Crippen LogP contribution in [0.5, 0.6) is 5.75 Å². The summed E-state index contributed by atoms with van der Waals surface area (Å²) >= 11 is 3.52. The van der Waals surface area contributed by atoms with Gasteiger partial charge in [-0.15, -0.1) is 0 Å². The monoisotopic (exact) mass is 499 g/mol. The lowest BCUT2D eigenvalue weighted by Crippen LogP contribution is -2.52. The number of amides is 1. The zero-order valence-corrected chi connectivity index (χ0v) is 20.2. The molecular weight excluding hydrogens is 470 g/mol. The van der Waals surface area contributed by atoms with E-state index in [0.29, 0.717) is 24.4 Å². The van der Waals surface area contributed by atoms with E-state index in [0.717, 1.165) is 66.7 Å². The lowest BCUT2D eigenvalue weighted by Gasteiger charge is -2.43. The summed E-state index contributed by atoms with van der Waals surface area (Å²) in [6.07, 6.45) is 7.60. The van der Waals surface area contributed by atoms with Crippen LogP contribution in [0.4, 0.5) is 5.95 Å². The number of halogens is 1. The van der Waals surface area contributed by atoms with E-state index in [9.17, 15) is 4.79 Å². The molecule has 1 amide bonds. The maximum absolute atomic E-state index is 13.2. The average Bonchev–Trinajstić information content (AvgIpc) is 3.00. The number of fused-ring (bicyclic) bond motifs is 1. The van der Waals surface area contributed by atoms with Gasteiger partial charge in [0, 0.05) is 62.4 Å². The van der Waals surface area contributed by atoms with Crippen molar-refractivity contribution >= 4 is 27.8 Å². The predicted molar refractivity (Wildman–Crippen MR) is 127 cm³/mol. The third kappa shape index (κ3) is 4.35. The fraction of sp³-hybridized carbons (Fsp3) is 0.542. The topological polar surface area (TPSA) is 61.8 Å². The Morgan fingerprint density at radius 1 is 1.09 bits per heavy atom. The largest absolute Gasteiger partial charge is 0.497 e. The van der Waals surface area contributed by atoms with Gasteiger partial charge in [-0.25, -0.2) is 9.97 Å². The minimum absolute atomic E-state index is 0.0175. The Morgan fingerprint density at radius 2 is 1.88 bits per heavy atom. The molecule has 7 nitrogen and oxygen atoms in total. The molecule has 2 fully saturated rings. The Bertz CT molecular complexity index is 988. The van der Waals surface area contributed by atoms with Crippen molar-refractivity contribution in [2.24, 2.45) is 0 Å². The number of rotatable bonds is 4. The third-order valence-electron chi connectivity index (χ3n) is 7.09. The summed E-state index contributed by atoms with van der Waals surface area (Å²) in [4.78, 5) is 29.7. The van der Waals surface area contributed by atoms with Gasteiger partial charge < -0.3 is 14.5 Å². The Morgan fingerprint density at radius 3 is 2.59 bits per heavy atom. The molecule has 0 N–H and O–H groups in total. The molecule has 0 spiro atoms. The van der Waals surface area contributed by atoms with Gasteiger partial charge in [0.15, 0.2) is 0 Å². The molecule has 32 heavy (non-hydrogen) atoms. The molecule has 2 aliphatic heterocycles. The van der Waals surface area contributed by atoms with Crippen molar-refractivity contribution in [1.82, 2.24) is 19.8 Å². The molecular formula is C24H30BrN5O2. The van der Waals surface area contributed by atoms with Gasteiger partial charge in [-0.1, -0.05) is 6.42 Å². The molecule has 5 rings (SSSR count). The normalized spacial score (nSPS) is 19.8. The zero-order valence-electron chi connectivity index (χ0n) is 18.6. The van der Waals surface area contributed by atoms with Crippen molar-refractivity contribution in [2.75, 3.05) is 51.3 Å². The van der Waals surface area contributed by atoms with Gasteiger partial charge in [-0.05, 0) is 59.0 Å². The zero-order chi connectivity index (χ0) is 22.1. The number of hydrogen-bond acceptors (Lipinski definition) is 6. The maximum Gasteiger partial charge on any atom is 0.255 e. The van der Waals surface area contributed by atoms with E-state index in [1.54, 1.807) is 13.2 Å². The van der Waals surface area contributed by atoms with Gasteiger partial charge in [-0.3, -0.25) is 9.69 Å². The third-order valence-corrected chi connectivity index (χ3v) is 7.78. The van der Waals surface area contributed by atoms with Gasteiger partial charge in [0.05, 0.1) is 18.4 Å². The Labute approximate surface area is 197 Å². The van der Waals surface area contributed by atoms with Gasteiger partial charge in [0.1, 0.15) is 5.75 Å². The molecule has 0 radical (unpaired) electrons. The van der Waals surface area contributed by atoms with Crippen molar-refractivity contribution in [1.29, 1.82) is 0 Å². The highest BCUT2D eigenvalue weighted by atomic mass is 79.9. The van der Waals surface area contributed by atoms with Crippen molar-refractivity contribution < 1.29 is 9.53 Å². The molecule has 170 valence electrons. The first-order chi connectivity index (χ1) is 15.6. The minimum Gasteiger partial charge on any atom is -0.497 e. The lowest BCUT2D eigenvalue weighted by atomic mass is 9.91. The van der Waals surface area contributed by atoms with Crippen molar-refractivity contribution in [3.63, 3.8) is 0 Å². The van der Waals surface area contributed by atoms with Gasteiger partial charge in [0.2, 0.25) is 5.95 Å². The molecule has 3 heterocycles. The Kier molecular flexibility index (Phi) is 6.33. The molecule has 1 saturated heterocycles. The van der Waals surface area contributed by atoms with E-state index in [2.05, 4.69) is 25.7 Å². The van der Waals surface area contributed by atoms with Crippen LogP contribution in [0.3, 0.4) is 0 Å². The smallest absolute Gasteiger partial charge is 0.255 e. The van der Waals surface area contributed by atoms with E-state index in [4.69, 9.17) is 14.7 Å². The molecule has 8 heteroatoms. The highest BCUT2D eigenvalue weighted by molar-refractivity contribution is 9.10. The summed E-state index contributed by atoms with van der Waals surface area (Å²) in [5, 5.41) is 0. The van der Waals surface area contributed by atoms with Crippen LogP contribution >= 0.6 is 15.9 Å². The summed E-state index contributed by atoms with van der Waals surface area (Å²) in [5.41, 5.74) is 2.87. The number of carbonyl (C=O) groups is 1. The summed E-state index contributed by atoms with van der Waals surface area (Å²) in [5.74, 6) is 1.54. The van der Waals surface area contributed by atoms with Crippen LogP contribution in [0.25, 0.3) is 0 Å². The summed E-state index contributed by atoms with van der Waals surface area (Å²) in [7, 11) is 1.61. The van der Waals surface area contributed by atoms with Crippen LogP contribution in [-0.2, 0) is 12.8 Å². The minimum atomic E-state index is 0.0175. The molecule has 1 aliphatic carbocycles.